The van der Waals surface area contributed by atoms with Gasteiger partial charge >= 0.3 is 0 Å². The minimum atomic E-state index is -0.621. The lowest BCUT2D eigenvalue weighted by atomic mass is 9.85. The number of likely N-dealkylation sites (tertiary alicyclic amines) is 1. The molecule has 3 aromatic rings. The van der Waals surface area contributed by atoms with Crippen LogP contribution in [-0.4, -0.2) is 35.2 Å². The van der Waals surface area contributed by atoms with Gasteiger partial charge in [-0.15, -0.1) is 0 Å². The van der Waals surface area contributed by atoms with Gasteiger partial charge < -0.3 is 9.64 Å². The Bertz CT molecular complexity index is 1320. The van der Waals surface area contributed by atoms with Gasteiger partial charge in [-0.25, -0.2) is 8.78 Å². The summed E-state index contributed by atoms with van der Waals surface area (Å²) in [5.41, 5.74) is 2.30. The van der Waals surface area contributed by atoms with Gasteiger partial charge in [-0.05, 0) is 66.1 Å². The zero-order chi connectivity index (χ0) is 25.8. The number of hydrogen-bond donors (Lipinski definition) is 1. The van der Waals surface area contributed by atoms with Crippen LogP contribution in [-0.2, 0) is 11.4 Å². The van der Waals surface area contributed by atoms with Crippen LogP contribution in [0.1, 0.15) is 33.9 Å². The molecule has 3 aromatic carbocycles. The number of halogens is 2. The summed E-state index contributed by atoms with van der Waals surface area (Å²) < 4.78 is 32.7. The lowest BCUT2D eigenvalue weighted by Crippen LogP contribution is -2.67. The normalized spacial score (nSPS) is 20.8. The van der Waals surface area contributed by atoms with E-state index in [1.54, 1.807) is 11.0 Å². The molecule has 0 aromatic heterocycles. The Morgan fingerprint density at radius 1 is 0.973 bits per heavy atom. The Balaban J connectivity index is 1.30. The van der Waals surface area contributed by atoms with E-state index >= 15 is 0 Å². The van der Waals surface area contributed by atoms with Gasteiger partial charge in [0, 0.05) is 5.56 Å². The third-order valence-corrected chi connectivity index (χ3v) is 6.64. The number of nitrogens with one attached hydrogen (secondary N) is 1. The summed E-state index contributed by atoms with van der Waals surface area (Å²) in [5.74, 6) is -0.441. The molecular formula is C30H26F2N2O3. The fourth-order valence-electron chi connectivity index (χ4n) is 4.66. The Kier molecular flexibility index (Phi) is 7.23. The predicted octanol–water partition coefficient (Wildman–Crippen LogP) is 5.31. The number of β-lactam (4-membered cyclic amide) rings is 1. The summed E-state index contributed by atoms with van der Waals surface area (Å²) in [4.78, 5) is 27.5. The fourth-order valence-corrected chi connectivity index (χ4v) is 4.66. The highest BCUT2D eigenvalue weighted by atomic mass is 19.1. The smallest absolute Gasteiger partial charge is 0.243 e. The van der Waals surface area contributed by atoms with Crippen LogP contribution >= 0.6 is 0 Å². The first-order chi connectivity index (χ1) is 18.0. The van der Waals surface area contributed by atoms with Crippen molar-refractivity contribution < 1.29 is 23.1 Å². The minimum Gasteiger partial charge on any atom is -0.489 e. The first-order valence-corrected chi connectivity index (χ1v) is 12.1. The molecule has 1 fully saturated rings. The topological polar surface area (TPSA) is 58.6 Å². The van der Waals surface area contributed by atoms with Crippen molar-refractivity contribution in [3.63, 3.8) is 0 Å². The zero-order valence-electron chi connectivity index (χ0n) is 20.0. The van der Waals surface area contributed by atoms with Gasteiger partial charge in [0.2, 0.25) is 5.91 Å². The summed E-state index contributed by atoms with van der Waals surface area (Å²) >= 11 is 0. The zero-order valence-corrected chi connectivity index (χ0v) is 20.0. The van der Waals surface area contributed by atoms with Crippen molar-refractivity contribution >= 4 is 11.7 Å². The number of allylic oxidation sites excluding steroid dienone is 2. The van der Waals surface area contributed by atoms with Gasteiger partial charge in [0.05, 0.1) is 18.6 Å². The molecule has 1 heterocycles. The standard InChI is InChI=1S/C30H26F2N2O3/c31-23-10-6-21(7-11-23)27(35)18-33-28-29(34(30(28)36)25-14-12-24(32)13-15-25)22-8-16-26(17-9-22)37-19-20-4-2-1-3-5-20/h1-14,16-17,25,28-29,33H,15,18-19H2/t25?,28-,29-/m1/s1. The van der Waals surface area contributed by atoms with Gasteiger partial charge in [-0.2, -0.15) is 0 Å². The van der Waals surface area contributed by atoms with E-state index in [4.69, 9.17) is 4.74 Å². The van der Waals surface area contributed by atoms with Crippen molar-refractivity contribution in [2.45, 2.75) is 31.2 Å². The van der Waals surface area contributed by atoms with Crippen LogP contribution in [0.25, 0.3) is 0 Å². The maximum atomic E-state index is 13.6. The minimum absolute atomic E-state index is 0.0698. The SMILES string of the molecule is O=C(CN[C@H]1C(=O)N(C2C=CC(F)=CC2)[C@@H]1c1ccc(OCc2ccccc2)cc1)c1ccc(F)cc1. The van der Waals surface area contributed by atoms with Crippen molar-refractivity contribution in [2.24, 2.45) is 0 Å². The number of benzene rings is 3. The number of hydrogen-bond acceptors (Lipinski definition) is 4. The van der Waals surface area contributed by atoms with Crippen molar-refractivity contribution in [1.29, 1.82) is 0 Å². The van der Waals surface area contributed by atoms with E-state index in [-0.39, 0.29) is 36.1 Å². The van der Waals surface area contributed by atoms with Crippen LogP contribution in [0.2, 0.25) is 0 Å². The van der Waals surface area contributed by atoms with E-state index in [1.807, 2.05) is 54.6 Å². The molecule has 1 amide bonds. The molecule has 188 valence electrons. The lowest BCUT2D eigenvalue weighted by molar-refractivity contribution is -0.154. The maximum absolute atomic E-state index is 13.6. The highest BCUT2D eigenvalue weighted by Gasteiger charge is 2.50. The molecule has 2 aliphatic rings. The van der Waals surface area contributed by atoms with E-state index in [0.29, 0.717) is 24.3 Å². The van der Waals surface area contributed by atoms with Crippen LogP contribution in [0.3, 0.4) is 0 Å². The van der Waals surface area contributed by atoms with Gasteiger partial charge in [-0.3, -0.25) is 14.9 Å². The summed E-state index contributed by atoms with van der Waals surface area (Å²) in [6.45, 7) is 0.369. The van der Waals surface area contributed by atoms with Crippen LogP contribution < -0.4 is 10.1 Å². The first-order valence-electron chi connectivity index (χ1n) is 12.1. The average molecular weight is 501 g/mol. The molecule has 1 saturated heterocycles. The summed E-state index contributed by atoms with van der Waals surface area (Å²) in [6, 6.07) is 21.4. The number of rotatable bonds is 9. The van der Waals surface area contributed by atoms with Crippen molar-refractivity contribution in [3.05, 3.63) is 125 Å². The number of nitrogens with zero attached hydrogens (tertiary/aromatic N) is 1. The molecule has 1 aliphatic heterocycles. The lowest BCUT2D eigenvalue weighted by Gasteiger charge is -2.51. The van der Waals surface area contributed by atoms with Gasteiger partial charge in [-0.1, -0.05) is 48.5 Å². The molecule has 1 aliphatic carbocycles. The maximum Gasteiger partial charge on any atom is 0.243 e. The summed E-state index contributed by atoms with van der Waals surface area (Å²) in [6.07, 6.45) is 4.91. The van der Waals surface area contributed by atoms with Crippen molar-refractivity contribution in [2.75, 3.05) is 6.54 Å². The van der Waals surface area contributed by atoms with Crippen LogP contribution in [0, 0.1) is 5.82 Å². The second-order valence-electron chi connectivity index (χ2n) is 9.07. The molecule has 37 heavy (non-hydrogen) atoms. The van der Waals surface area contributed by atoms with Crippen LogP contribution in [0.5, 0.6) is 5.75 Å². The Morgan fingerprint density at radius 2 is 1.70 bits per heavy atom. The highest BCUT2D eigenvalue weighted by molar-refractivity contribution is 5.98. The van der Waals surface area contributed by atoms with Crippen molar-refractivity contribution in [3.8, 4) is 5.75 Å². The third-order valence-electron chi connectivity index (χ3n) is 6.64. The summed E-state index contributed by atoms with van der Waals surface area (Å²) in [7, 11) is 0. The van der Waals surface area contributed by atoms with Gasteiger partial charge in [0.25, 0.3) is 0 Å². The number of amides is 1. The second-order valence-corrected chi connectivity index (χ2v) is 9.07. The predicted molar refractivity (Wildman–Crippen MR) is 136 cm³/mol. The van der Waals surface area contributed by atoms with Crippen molar-refractivity contribution in [1.82, 2.24) is 10.2 Å². The monoisotopic (exact) mass is 500 g/mol. The molecular weight excluding hydrogens is 474 g/mol. The first kappa shape index (κ1) is 24.6. The molecule has 1 unspecified atom stereocenters. The molecule has 7 heteroatoms. The molecule has 0 bridgehead atoms. The largest absolute Gasteiger partial charge is 0.489 e. The van der Waals surface area contributed by atoms with E-state index in [1.165, 1.54) is 36.4 Å². The number of ether oxygens (including phenoxy) is 1. The molecule has 5 nitrogen and oxygen atoms in total. The third kappa shape index (κ3) is 5.52. The Morgan fingerprint density at radius 3 is 2.38 bits per heavy atom. The summed E-state index contributed by atoms with van der Waals surface area (Å²) in [5, 5.41) is 3.09. The van der Waals surface area contributed by atoms with Gasteiger partial charge in [0.15, 0.2) is 5.78 Å². The number of carbonyl (C=O) groups is 2. The van der Waals surface area contributed by atoms with E-state index in [2.05, 4.69) is 5.32 Å². The fraction of sp³-hybridized carbons (Fsp3) is 0.200. The number of carbonyl (C=O) groups excluding carboxylic acids is 2. The average Bonchev–Trinajstić information content (AvgIpc) is 2.93. The molecule has 0 saturated carbocycles. The molecule has 5 rings (SSSR count). The van der Waals surface area contributed by atoms with E-state index in [0.717, 1.165) is 11.1 Å². The Labute approximate surface area is 214 Å². The van der Waals surface area contributed by atoms with Crippen LogP contribution in [0.15, 0.2) is 103 Å². The molecule has 1 N–H and O–H groups in total. The number of Topliss-reactive ketones (excluding diaryl/α,β-unsaturated/α-hetero) is 1. The quantitative estimate of drug-likeness (QED) is 0.320. The van der Waals surface area contributed by atoms with Gasteiger partial charge in [0.1, 0.15) is 30.0 Å². The van der Waals surface area contributed by atoms with E-state index < -0.39 is 11.9 Å². The van der Waals surface area contributed by atoms with Crippen LogP contribution in [0.4, 0.5) is 8.78 Å². The number of ketones is 1. The molecule has 0 radical (unpaired) electrons. The Hall–Kier alpha value is -4.10. The van der Waals surface area contributed by atoms with E-state index in [9.17, 15) is 18.4 Å². The second kappa shape index (κ2) is 10.9. The molecule has 3 atom stereocenters. The molecule has 0 spiro atoms. The highest BCUT2D eigenvalue weighted by Crippen LogP contribution is 2.39.